The number of phosphoric ester groups is 1. The maximum absolute atomic E-state index is 12.7. The molecule has 0 radical (unpaired) electrons. The molecule has 2 atom stereocenters. The number of hydrogen-bond acceptors (Lipinski definition) is 7. The number of esters is 2. The van der Waals surface area contributed by atoms with Crippen LogP contribution in [0.5, 0.6) is 0 Å². The van der Waals surface area contributed by atoms with Gasteiger partial charge in [0, 0.05) is 12.8 Å². The number of nitrogens with zero attached hydrogens (tertiary/aromatic N) is 1. The Morgan fingerprint density at radius 1 is 0.545 bits per heavy atom. The molecule has 0 aromatic carbocycles. The van der Waals surface area contributed by atoms with Crippen molar-refractivity contribution in [3.8, 4) is 0 Å². The van der Waals surface area contributed by atoms with E-state index < -0.39 is 26.5 Å². The van der Waals surface area contributed by atoms with E-state index in [1.165, 1.54) is 128 Å². The molecule has 0 spiro atoms. The minimum absolute atomic E-state index is 0.0331. The first kappa shape index (κ1) is 53.8. The molecule has 0 aliphatic carbocycles. The van der Waals surface area contributed by atoms with Gasteiger partial charge in [-0.05, 0) is 38.5 Å². The van der Waals surface area contributed by atoms with Crippen molar-refractivity contribution in [2.75, 3.05) is 47.5 Å². The van der Waals surface area contributed by atoms with Crippen molar-refractivity contribution < 1.29 is 42.1 Å². The average Bonchev–Trinajstić information content (AvgIpc) is 3.13. The van der Waals surface area contributed by atoms with E-state index in [2.05, 4.69) is 26.0 Å². The second-order valence-corrected chi connectivity index (χ2v) is 18.2. The fourth-order valence-corrected chi connectivity index (χ4v) is 7.16. The summed E-state index contributed by atoms with van der Waals surface area (Å²) >= 11 is 0. The summed E-state index contributed by atoms with van der Waals surface area (Å²) < 4.78 is 34.3. The Labute approximate surface area is 339 Å². The molecule has 0 aromatic rings. The second kappa shape index (κ2) is 38.3. The summed E-state index contributed by atoms with van der Waals surface area (Å²) in [6.45, 7) is 4.41. The predicted molar refractivity (Wildman–Crippen MR) is 229 cm³/mol. The summed E-state index contributed by atoms with van der Waals surface area (Å²) in [6, 6.07) is 0. The Bertz CT molecular complexity index is 954. The Hall–Kier alpha value is -1.25. The maximum atomic E-state index is 12.7. The average molecular weight is 803 g/mol. The molecule has 0 fully saturated rings. The van der Waals surface area contributed by atoms with Gasteiger partial charge < -0.3 is 18.9 Å². The van der Waals surface area contributed by atoms with Crippen molar-refractivity contribution >= 4 is 19.8 Å². The molecular formula is C45H89NO8P+. The lowest BCUT2D eigenvalue weighted by molar-refractivity contribution is -0.870. The third kappa shape index (κ3) is 42.2. The van der Waals surface area contributed by atoms with Crippen LogP contribution in [0, 0.1) is 0 Å². The quantitative estimate of drug-likeness (QED) is 0.0214. The van der Waals surface area contributed by atoms with Crippen LogP contribution in [-0.2, 0) is 32.7 Å². The molecule has 1 N–H and O–H groups in total. The van der Waals surface area contributed by atoms with Gasteiger partial charge in [0.25, 0.3) is 0 Å². The lowest BCUT2D eigenvalue weighted by Gasteiger charge is -2.24. The number of phosphoric acid groups is 1. The molecule has 0 amide bonds. The van der Waals surface area contributed by atoms with Gasteiger partial charge in [-0.25, -0.2) is 4.57 Å². The van der Waals surface area contributed by atoms with Crippen LogP contribution in [-0.4, -0.2) is 74.9 Å². The van der Waals surface area contributed by atoms with Crippen molar-refractivity contribution in [1.82, 2.24) is 0 Å². The third-order valence-corrected chi connectivity index (χ3v) is 11.0. The molecule has 0 aliphatic rings. The molecule has 9 nitrogen and oxygen atoms in total. The van der Waals surface area contributed by atoms with E-state index >= 15 is 0 Å². The second-order valence-electron chi connectivity index (χ2n) is 16.8. The number of carbonyl (C=O) groups is 2. The van der Waals surface area contributed by atoms with Crippen LogP contribution in [0.3, 0.4) is 0 Å². The number of unbranched alkanes of at least 4 members (excludes halogenated alkanes) is 26. The van der Waals surface area contributed by atoms with E-state index in [0.29, 0.717) is 23.9 Å². The van der Waals surface area contributed by atoms with Gasteiger partial charge in [0.15, 0.2) is 6.10 Å². The number of rotatable bonds is 42. The van der Waals surface area contributed by atoms with Crippen LogP contribution in [0.2, 0.25) is 0 Å². The summed E-state index contributed by atoms with van der Waals surface area (Å²) in [4.78, 5) is 35.3. The molecular weight excluding hydrogens is 713 g/mol. The number of hydrogen-bond donors (Lipinski definition) is 1. The van der Waals surface area contributed by atoms with E-state index in [0.717, 1.165) is 51.4 Å². The minimum Gasteiger partial charge on any atom is -0.462 e. The maximum Gasteiger partial charge on any atom is 0.472 e. The highest BCUT2D eigenvalue weighted by molar-refractivity contribution is 7.47. The first-order valence-electron chi connectivity index (χ1n) is 22.9. The molecule has 0 aliphatic heterocycles. The zero-order chi connectivity index (χ0) is 40.7. The highest BCUT2D eigenvalue weighted by atomic mass is 31.2. The van der Waals surface area contributed by atoms with E-state index in [9.17, 15) is 19.0 Å². The van der Waals surface area contributed by atoms with E-state index in [1.807, 2.05) is 21.1 Å². The molecule has 0 rings (SSSR count). The van der Waals surface area contributed by atoms with Crippen LogP contribution < -0.4 is 0 Å². The van der Waals surface area contributed by atoms with Gasteiger partial charge in [0.2, 0.25) is 0 Å². The van der Waals surface area contributed by atoms with Crippen molar-refractivity contribution in [1.29, 1.82) is 0 Å². The molecule has 0 saturated heterocycles. The van der Waals surface area contributed by atoms with Crippen molar-refractivity contribution in [3.63, 3.8) is 0 Å². The molecule has 0 heterocycles. The van der Waals surface area contributed by atoms with Gasteiger partial charge in [-0.15, -0.1) is 0 Å². The minimum atomic E-state index is -4.37. The fourth-order valence-electron chi connectivity index (χ4n) is 6.42. The van der Waals surface area contributed by atoms with Crippen LogP contribution in [0.15, 0.2) is 12.2 Å². The van der Waals surface area contributed by atoms with Gasteiger partial charge in [-0.2, -0.15) is 0 Å². The van der Waals surface area contributed by atoms with Crippen LogP contribution in [0.4, 0.5) is 0 Å². The highest BCUT2D eigenvalue weighted by Crippen LogP contribution is 2.43. The monoisotopic (exact) mass is 803 g/mol. The molecule has 2 unspecified atom stereocenters. The fraction of sp³-hybridized carbons (Fsp3) is 0.911. The molecule has 55 heavy (non-hydrogen) atoms. The number of likely N-dealkylation sites (N-methyl/N-ethyl adjacent to an activating group) is 1. The van der Waals surface area contributed by atoms with E-state index in [-0.39, 0.29) is 25.6 Å². The number of ether oxygens (including phenoxy) is 2. The predicted octanol–water partition coefficient (Wildman–Crippen LogP) is 13.0. The van der Waals surface area contributed by atoms with E-state index in [4.69, 9.17) is 18.5 Å². The Balaban J connectivity index is 4.25. The number of allylic oxidation sites excluding steroid dienone is 2. The molecule has 0 saturated carbocycles. The van der Waals surface area contributed by atoms with Crippen molar-refractivity contribution in [2.45, 2.75) is 219 Å². The van der Waals surface area contributed by atoms with Crippen LogP contribution in [0.1, 0.15) is 213 Å². The molecule has 10 heteroatoms. The van der Waals surface area contributed by atoms with Crippen molar-refractivity contribution in [3.05, 3.63) is 12.2 Å². The molecule has 326 valence electrons. The Morgan fingerprint density at radius 2 is 0.927 bits per heavy atom. The zero-order valence-electron chi connectivity index (χ0n) is 36.7. The van der Waals surface area contributed by atoms with Gasteiger partial charge in [-0.3, -0.25) is 18.6 Å². The topological polar surface area (TPSA) is 108 Å². The van der Waals surface area contributed by atoms with Gasteiger partial charge in [0.05, 0.1) is 27.7 Å². The third-order valence-electron chi connectivity index (χ3n) is 10.0. The van der Waals surface area contributed by atoms with Gasteiger partial charge in [-0.1, -0.05) is 174 Å². The first-order chi connectivity index (χ1) is 26.5. The van der Waals surface area contributed by atoms with Crippen LogP contribution >= 0.6 is 7.82 Å². The zero-order valence-corrected chi connectivity index (χ0v) is 37.6. The summed E-state index contributed by atoms with van der Waals surface area (Å²) in [7, 11) is 1.48. The number of carbonyl (C=O) groups excluding carboxylic acids is 2. The molecule has 0 aromatic heterocycles. The van der Waals surface area contributed by atoms with Gasteiger partial charge >= 0.3 is 19.8 Å². The van der Waals surface area contributed by atoms with Gasteiger partial charge in [0.1, 0.15) is 19.8 Å². The lowest BCUT2D eigenvalue weighted by Crippen LogP contribution is -2.37. The SMILES string of the molecule is CCCCC/C=C\CCCCCCCC(=O)OC(COC(=O)CCCCCCCCCCCCCCCCCCCCC)COP(=O)(O)OCC[N+](C)(C)C. The standard InChI is InChI=1S/C45H88NO8P/c1-6-8-10-12-14-16-18-20-21-22-23-24-25-26-28-29-31-33-35-37-44(47)51-41-43(42-53-55(49,50)52-40-39-46(3,4)5)54-45(48)38-36-34-32-30-27-19-17-15-13-11-9-7-2/h15,17,43H,6-14,16,18-42H2,1-5H3/p+1/b17-15-. The normalized spacial score (nSPS) is 13.6. The first-order valence-corrected chi connectivity index (χ1v) is 24.4. The summed E-state index contributed by atoms with van der Waals surface area (Å²) in [5.74, 6) is -0.799. The Morgan fingerprint density at radius 3 is 1.38 bits per heavy atom. The summed E-state index contributed by atoms with van der Waals surface area (Å²) in [5, 5.41) is 0. The van der Waals surface area contributed by atoms with E-state index in [1.54, 1.807) is 0 Å². The lowest BCUT2D eigenvalue weighted by atomic mass is 10.0. The largest absolute Gasteiger partial charge is 0.472 e. The smallest absolute Gasteiger partial charge is 0.462 e. The number of quaternary nitrogens is 1. The summed E-state index contributed by atoms with van der Waals surface area (Å²) in [5.41, 5.74) is 0. The van der Waals surface area contributed by atoms with Crippen molar-refractivity contribution in [2.24, 2.45) is 0 Å². The summed E-state index contributed by atoms with van der Waals surface area (Å²) in [6.07, 6.45) is 39.7. The Kier molecular flexibility index (Phi) is 37.4. The molecule has 0 bridgehead atoms. The van der Waals surface area contributed by atoms with Crippen LogP contribution in [0.25, 0.3) is 0 Å². The highest BCUT2D eigenvalue weighted by Gasteiger charge is 2.27.